The molecule has 0 radical (unpaired) electrons. The molecule has 0 amide bonds. The lowest BCUT2D eigenvalue weighted by Crippen LogP contribution is -2.27. The summed E-state index contributed by atoms with van der Waals surface area (Å²) < 4.78 is 0. The molecule has 2 rings (SSSR count). The van der Waals surface area contributed by atoms with Crippen molar-refractivity contribution in [3.05, 3.63) is 34.3 Å². The van der Waals surface area contributed by atoms with Crippen LogP contribution in [-0.4, -0.2) is 6.54 Å². The molecule has 1 aliphatic heterocycles. The second-order valence-electron chi connectivity index (χ2n) is 3.27. The quantitative estimate of drug-likeness (QED) is 0.705. The summed E-state index contributed by atoms with van der Waals surface area (Å²) in [6.07, 6.45) is 1.12. The Morgan fingerprint density at radius 1 is 1.46 bits per heavy atom. The molecular formula is C10H13Cl2N. The largest absolute Gasteiger partial charge is 0.310 e. The predicted molar refractivity (Wildman–Crippen MR) is 58.8 cm³/mol. The molecule has 1 nitrogen and oxygen atoms in total. The van der Waals surface area contributed by atoms with Crippen molar-refractivity contribution in [2.24, 2.45) is 0 Å². The molecule has 1 unspecified atom stereocenters. The summed E-state index contributed by atoms with van der Waals surface area (Å²) in [7, 11) is 0. The minimum atomic E-state index is 0. The molecule has 72 valence electrons. The van der Waals surface area contributed by atoms with Crippen LogP contribution >= 0.6 is 24.0 Å². The van der Waals surface area contributed by atoms with Crippen molar-refractivity contribution in [2.45, 2.75) is 19.4 Å². The molecule has 1 N–H and O–H groups in total. The Morgan fingerprint density at radius 2 is 2.23 bits per heavy atom. The Morgan fingerprint density at radius 3 is 3.00 bits per heavy atom. The fourth-order valence-corrected chi connectivity index (χ4v) is 1.91. The molecule has 0 saturated carbocycles. The number of hydrogen-bond acceptors (Lipinski definition) is 1. The smallest absolute Gasteiger partial charge is 0.0409 e. The number of fused-ring (bicyclic) bond motifs is 1. The Kier molecular flexibility index (Phi) is 3.60. The zero-order valence-corrected chi connectivity index (χ0v) is 9.08. The second kappa shape index (κ2) is 4.32. The molecule has 0 aromatic heterocycles. The van der Waals surface area contributed by atoms with Crippen LogP contribution < -0.4 is 5.32 Å². The molecule has 1 heterocycles. The monoisotopic (exact) mass is 217 g/mol. The van der Waals surface area contributed by atoms with Gasteiger partial charge in [0, 0.05) is 11.1 Å². The SMILES string of the molecule is CC1NCCc2ccc(Cl)cc21.Cl. The van der Waals surface area contributed by atoms with Crippen molar-refractivity contribution in [1.29, 1.82) is 0 Å². The van der Waals surface area contributed by atoms with Crippen LogP contribution in [-0.2, 0) is 6.42 Å². The van der Waals surface area contributed by atoms with E-state index in [4.69, 9.17) is 11.6 Å². The lowest BCUT2D eigenvalue weighted by Gasteiger charge is -2.23. The van der Waals surface area contributed by atoms with Crippen LogP contribution in [0.3, 0.4) is 0 Å². The van der Waals surface area contributed by atoms with Crippen molar-refractivity contribution in [1.82, 2.24) is 5.32 Å². The van der Waals surface area contributed by atoms with Crippen molar-refractivity contribution in [3.8, 4) is 0 Å². The summed E-state index contributed by atoms with van der Waals surface area (Å²) in [6, 6.07) is 6.62. The molecule has 1 aliphatic rings. The number of hydrogen-bond donors (Lipinski definition) is 1. The summed E-state index contributed by atoms with van der Waals surface area (Å²) in [5, 5.41) is 4.24. The van der Waals surface area contributed by atoms with Gasteiger partial charge in [0.25, 0.3) is 0 Å². The maximum atomic E-state index is 5.91. The average Bonchev–Trinajstić information content (AvgIpc) is 2.07. The number of benzene rings is 1. The molecular weight excluding hydrogens is 205 g/mol. The molecule has 0 bridgehead atoms. The fourth-order valence-electron chi connectivity index (χ4n) is 1.73. The second-order valence-corrected chi connectivity index (χ2v) is 3.71. The first-order valence-electron chi connectivity index (χ1n) is 4.29. The van der Waals surface area contributed by atoms with Crippen molar-refractivity contribution in [2.75, 3.05) is 6.54 Å². The van der Waals surface area contributed by atoms with Crippen LogP contribution in [0.2, 0.25) is 5.02 Å². The summed E-state index contributed by atoms with van der Waals surface area (Å²) in [6.45, 7) is 3.25. The van der Waals surface area contributed by atoms with Gasteiger partial charge in [0.1, 0.15) is 0 Å². The van der Waals surface area contributed by atoms with E-state index in [0.717, 1.165) is 18.0 Å². The molecule has 3 heteroatoms. The van der Waals surface area contributed by atoms with Gasteiger partial charge in [0.15, 0.2) is 0 Å². The third-order valence-corrected chi connectivity index (χ3v) is 2.65. The van der Waals surface area contributed by atoms with Gasteiger partial charge in [0.2, 0.25) is 0 Å². The maximum Gasteiger partial charge on any atom is 0.0409 e. The molecule has 1 atom stereocenters. The first kappa shape index (κ1) is 10.8. The van der Waals surface area contributed by atoms with Crippen LogP contribution in [0.25, 0.3) is 0 Å². The molecule has 13 heavy (non-hydrogen) atoms. The summed E-state index contributed by atoms with van der Waals surface area (Å²) in [4.78, 5) is 0. The van der Waals surface area contributed by atoms with E-state index in [0.29, 0.717) is 6.04 Å². The van der Waals surface area contributed by atoms with Crippen LogP contribution in [0.5, 0.6) is 0 Å². The van der Waals surface area contributed by atoms with E-state index in [1.165, 1.54) is 11.1 Å². The Balaban J connectivity index is 0.000000845. The normalized spacial score (nSPS) is 20.3. The number of rotatable bonds is 0. The van der Waals surface area contributed by atoms with Gasteiger partial charge < -0.3 is 5.32 Å². The molecule has 0 fully saturated rings. The standard InChI is InChI=1S/C10H12ClN.ClH/c1-7-10-6-9(11)3-2-8(10)4-5-12-7;/h2-3,6-7,12H,4-5H2,1H3;1H. The van der Waals surface area contributed by atoms with Gasteiger partial charge in [-0.25, -0.2) is 0 Å². The van der Waals surface area contributed by atoms with Gasteiger partial charge in [-0.15, -0.1) is 12.4 Å². The van der Waals surface area contributed by atoms with Gasteiger partial charge in [-0.3, -0.25) is 0 Å². The van der Waals surface area contributed by atoms with Gasteiger partial charge in [-0.05, 0) is 43.1 Å². The molecule has 1 aromatic rings. The third-order valence-electron chi connectivity index (χ3n) is 2.42. The van der Waals surface area contributed by atoms with Crippen molar-refractivity contribution in [3.63, 3.8) is 0 Å². The molecule has 0 aliphatic carbocycles. The van der Waals surface area contributed by atoms with Gasteiger partial charge in [-0.1, -0.05) is 17.7 Å². The van der Waals surface area contributed by atoms with Crippen molar-refractivity contribution >= 4 is 24.0 Å². The van der Waals surface area contributed by atoms with Crippen LogP contribution in [0.4, 0.5) is 0 Å². The van der Waals surface area contributed by atoms with Gasteiger partial charge in [-0.2, -0.15) is 0 Å². The highest BCUT2D eigenvalue weighted by Crippen LogP contribution is 2.25. The fraction of sp³-hybridized carbons (Fsp3) is 0.400. The van der Waals surface area contributed by atoms with E-state index >= 15 is 0 Å². The van der Waals surface area contributed by atoms with E-state index in [-0.39, 0.29) is 12.4 Å². The predicted octanol–water partition coefficient (Wildman–Crippen LogP) is 2.97. The van der Waals surface area contributed by atoms with Gasteiger partial charge in [0.05, 0.1) is 0 Å². The summed E-state index contributed by atoms with van der Waals surface area (Å²) in [5.41, 5.74) is 2.79. The highest BCUT2D eigenvalue weighted by Gasteiger charge is 2.14. The van der Waals surface area contributed by atoms with Crippen molar-refractivity contribution < 1.29 is 0 Å². The van der Waals surface area contributed by atoms with Crippen LogP contribution in [0, 0.1) is 0 Å². The Labute approximate surface area is 89.9 Å². The average molecular weight is 218 g/mol. The van der Waals surface area contributed by atoms with Crippen LogP contribution in [0.1, 0.15) is 24.1 Å². The Bertz CT molecular complexity index is 299. The summed E-state index contributed by atoms with van der Waals surface area (Å²) >= 11 is 5.91. The van der Waals surface area contributed by atoms with Gasteiger partial charge >= 0.3 is 0 Å². The lowest BCUT2D eigenvalue weighted by atomic mass is 9.96. The number of nitrogens with one attached hydrogen (secondary N) is 1. The van der Waals surface area contributed by atoms with Crippen LogP contribution in [0.15, 0.2) is 18.2 Å². The lowest BCUT2D eigenvalue weighted by molar-refractivity contribution is 0.541. The number of halogens is 2. The van der Waals surface area contributed by atoms with E-state index in [2.05, 4.69) is 24.4 Å². The topological polar surface area (TPSA) is 12.0 Å². The zero-order valence-electron chi connectivity index (χ0n) is 7.51. The minimum absolute atomic E-state index is 0. The van der Waals surface area contributed by atoms with E-state index in [1.54, 1.807) is 0 Å². The molecule has 0 saturated heterocycles. The van der Waals surface area contributed by atoms with E-state index in [1.807, 2.05) is 6.07 Å². The first-order valence-corrected chi connectivity index (χ1v) is 4.67. The highest BCUT2D eigenvalue weighted by molar-refractivity contribution is 6.30. The zero-order chi connectivity index (χ0) is 8.55. The van der Waals surface area contributed by atoms with E-state index < -0.39 is 0 Å². The summed E-state index contributed by atoms with van der Waals surface area (Å²) in [5.74, 6) is 0. The first-order chi connectivity index (χ1) is 5.77. The highest BCUT2D eigenvalue weighted by atomic mass is 35.5. The maximum absolute atomic E-state index is 5.91. The minimum Gasteiger partial charge on any atom is -0.310 e. The molecule has 0 spiro atoms. The van der Waals surface area contributed by atoms with E-state index in [9.17, 15) is 0 Å². The Hall–Kier alpha value is -0.240. The molecule has 1 aromatic carbocycles. The third kappa shape index (κ3) is 2.16.